The highest BCUT2D eigenvalue weighted by atomic mass is 35.5. The van der Waals surface area contributed by atoms with Gasteiger partial charge in [0.2, 0.25) is 0 Å². The summed E-state index contributed by atoms with van der Waals surface area (Å²) in [5, 5.41) is 1.11. The molecule has 0 saturated heterocycles. The summed E-state index contributed by atoms with van der Waals surface area (Å²) < 4.78 is 5.73. The number of nitrogens with two attached hydrogens (primary N) is 1. The van der Waals surface area contributed by atoms with Crippen LogP contribution in [0.4, 0.5) is 0 Å². The van der Waals surface area contributed by atoms with Gasteiger partial charge in [-0.15, -0.1) is 0 Å². The molecular weight excluding hydrogens is 295 g/mol. The van der Waals surface area contributed by atoms with Gasteiger partial charge in [-0.3, -0.25) is 4.90 Å². The topological polar surface area (TPSA) is 38.5 Å². The third-order valence-corrected chi connectivity index (χ3v) is 4.69. The molecule has 0 aliphatic heterocycles. The SMILES string of the molecule is CN(CCOc1c(Cl)cccc1Cl)C1CCCC1CN. The number of hydrogen-bond acceptors (Lipinski definition) is 3. The van der Waals surface area contributed by atoms with E-state index in [2.05, 4.69) is 11.9 Å². The standard InChI is InChI=1S/C15H22Cl2N2O/c1-19(14-7-2-4-11(14)10-18)8-9-20-15-12(16)5-3-6-13(15)17/h3,5-6,11,14H,2,4,7-10,18H2,1H3. The molecule has 0 spiro atoms. The Hall–Kier alpha value is -0.480. The van der Waals surface area contributed by atoms with Crippen molar-refractivity contribution in [3.63, 3.8) is 0 Å². The van der Waals surface area contributed by atoms with Crippen LogP contribution < -0.4 is 10.5 Å². The van der Waals surface area contributed by atoms with Crippen molar-refractivity contribution in [2.24, 2.45) is 11.7 Å². The van der Waals surface area contributed by atoms with Gasteiger partial charge in [-0.25, -0.2) is 0 Å². The number of para-hydroxylation sites is 1. The zero-order chi connectivity index (χ0) is 14.5. The fourth-order valence-corrected chi connectivity index (χ4v) is 3.46. The maximum atomic E-state index is 6.08. The highest BCUT2D eigenvalue weighted by molar-refractivity contribution is 6.37. The summed E-state index contributed by atoms with van der Waals surface area (Å²) in [6.07, 6.45) is 3.74. The predicted octanol–water partition coefficient (Wildman–Crippen LogP) is 3.43. The second kappa shape index (κ2) is 7.51. The maximum absolute atomic E-state index is 6.08. The monoisotopic (exact) mass is 316 g/mol. The summed E-state index contributed by atoms with van der Waals surface area (Å²) in [6.45, 7) is 2.20. The van der Waals surface area contributed by atoms with Crippen molar-refractivity contribution >= 4 is 23.2 Å². The van der Waals surface area contributed by atoms with Gasteiger partial charge in [0, 0.05) is 12.6 Å². The van der Waals surface area contributed by atoms with Crippen molar-refractivity contribution in [2.45, 2.75) is 25.3 Å². The second-order valence-corrected chi connectivity index (χ2v) is 6.19. The van der Waals surface area contributed by atoms with E-state index in [0.29, 0.717) is 34.4 Å². The van der Waals surface area contributed by atoms with Crippen molar-refractivity contribution in [1.29, 1.82) is 0 Å². The number of ether oxygens (including phenoxy) is 1. The molecular formula is C15H22Cl2N2O. The molecule has 5 heteroatoms. The van der Waals surface area contributed by atoms with Crippen LogP contribution in [-0.4, -0.2) is 37.7 Å². The molecule has 1 aromatic rings. The Labute approximate surface area is 131 Å². The molecule has 1 aliphatic rings. The van der Waals surface area contributed by atoms with E-state index in [1.54, 1.807) is 12.1 Å². The van der Waals surface area contributed by atoms with E-state index in [4.69, 9.17) is 33.7 Å². The molecule has 2 atom stereocenters. The minimum absolute atomic E-state index is 0.556. The summed E-state index contributed by atoms with van der Waals surface area (Å²) in [5.74, 6) is 1.19. The van der Waals surface area contributed by atoms with E-state index < -0.39 is 0 Å². The molecule has 2 unspecified atom stereocenters. The van der Waals surface area contributed by atoms with Crippen molar-refractivity contribution in [3.8, 4) is 5.75 Å². The first kappa shape index (κ1) is 15.9. The molecule has 112 valence electrons. The van der Waals surface area contributed by atoms with E-state index in [1.165, 1.54) is 19.3 Å². The van der Waals surface area contributed by atoms with E-state index in [0.717, 1.165) is 13.1 Å². The molecule has 0 amide bonds. The number of halogens is 2. The van der Waals surface area contributed by atoms with Gasteiger partial charge in [0.15, 0.2) is 5.75 Å². The van der Waals surface area contributed by atoms with E-state index in [1.807, 2.05) is 6.07 Å². The third-order valence-electron chi connectivity index (χ3n) is 4.10. The Morgan fingerprint density at radius 2 is 2.00 bits per heavy atom. The van der Waals surface area contributed by atoms with Gasteiger partial charge in [0.1, 0.15) is 6.61 Å². The maximum Gasteiger partial charge on any atom is 0.156 e. The largest absolute Gasteiger partial charge is 0.489 e. The summed E-state index contributed by atoms with van der Waals surface area (Å²) in [6, 6.07) is 5.96. The highest BCUT2D eigenvalue weighted by Gasteiger charge is 2.28. The number of nitrogens with zero attached hydrogens (tertiary/aromatic N) is 1. The molecule has 3 nitrogen and oxygen atoms in total. The number of hydrogen-bond donors (Lipinski definition) is 1. The first-order chi connectivity index (χ1) is 9.63. The molecule has 1 fully saturated rings. The molecule has 0 bridgehead atoms. The van der Waals surface area contributed by atoms with Crippen LogP contribution in [0, 0.1) is 5.92 Å². The number of likely N-dealkylation sites (N-methyl/N-ethyl adjacent to an activating group) is 1. The van der Waals surface area contributed by atoms with Crippen LogP contribution in [0.2, 0.25) is 10.0 Å². The highest BCUT2D eigenvalue weighted by Crippen LogP contribution is 2.32. The van der Waals surface area contributed by atoms with Gasteiger partial charge < -0.3 is 10.5 Å². The van der Waals surface area contributed by atoms with E-state index in [9.17, 15) is 0 Å². The molecule has 2 rings (SSSR count). The fourth-order valence-electron chi connectivity index (χ4n) is 2.95. The summed E-state index contributed by atoms with van der Waals surface area (Å²) in [4.78, 5) is 2.34. The lowest BCUT2D eigenvalue weighted by Gasteiger charge is -2.29. The molecule has 2 N–H and O–H groups in total. The van der Waals surface area contributed by atoms with Gasteiger partial charge in [0.25, 0.3) is 0 Å². The van der Waals surface area contributed by atoms with Gasteiger partial charge in [-0.1, -0.05) is 35.7 Å². The summed E-state index contributed by atoms with van der Waals surface area (Å²) in [5.41, 5.74) is 5.83. The molecule has 1 aliphatic carbocycles. The Bertz CT molecular complexity index is 422. The Morgan fingerprint density at radius 3 is 2.65 bits per heavy atom. The summed E-state index contributed by atoms with van der Waals surface area (Å²) in [7, 11) is 2.14. The fraction of sp³-hybridized carbons (Fsp3) is 0.600. The van der Waals surface area contributed by atoms with Crippen LogP contribution in [0.15, 0.2) is 18.2 Å². The zero-order valence-corrected chi connectivity index (χ0v) is 13.3. The molecule has 1 saturated carbocycles. The van der Waals surface area contributed by atoms with Gasteiger partial charge in [-0.05, 0) is 44.5 Å². The normalized spacial score (nSPS) is 22.4. The van der Waals surface area contributed by atoms with Crippen molar-refractivity contribution < 1.29 is 4.74 Å². The van der Waals surface area contributed by atoms with Crippen molar-refractivity contribution in [1.82, 2.24) is 4.90 Å². The zero-order valence-electron chi connectivity index (χ0n) is 11.8. The minimum atomic E-state index is 0.556. The molecule has 0 aromatic heterocycles. The molecule has 20 heavy (non-hydrogen) atoms. The van der Waals surface area contributed by atoms with E-state index in [-0.39, 0.29) is 0 Å². The Balaban J connectivity index is 1.83. The van der Waals surface area contributed by atoms with Crippen LogP contribution in [0.5, 0.6) is 5.75 Å². The number of benzene rings is 1. The quantitative estimate of drug-likeness (QED) is 0.873. The molecule has 0 radical (unpaired) electrons. The van der Waals surface area contributed by atoms with Crippen LogP contribution in [0.3, 0.4) is 0 Å². The van der Waals surface area contributed by atoms with Crippen LogP contribution >= 0.6 is 23.2 Å². The Morgan fingerprint density at radius 1 is 1.30 bits per heavy atom. The van der Waals surface area contributed by atoms with Crippen LogP contribution in [0.1, 0.15) is 19.3 Å². The van der Waals surface area contributed by atoms with Gasteiger partial charge >= 0.3 is 0 Å². The predicted molar refractivity (Wildman–Crippen MR) is 84.8 cm³/mol. The lowest BCUT2D eigenvalue weighted by molar-refractivity contribution is 0.165. The number of rotatable bonds is 6. The average molecular weight is 317 g/mol. The van der Waals surface area contributed by atoms with Crippen molar-refractivity contribution in [2.75, 3.05) is 26.7 Å². The first-order valence-corrected chi connectivity index (χ1v) is 7.86. The van der Waals surface area contributed by atoms with Crippen LogP contribution in [-0.2, 0) is 0 Å². The smallest absolute Gasteiger partial charge is 0.156 e. The lowest BCUT2D eigenvalue weighted by atomic mass is 10.0. The third kappa shape index (κ3) is 3.79. The lowest BCUT2D eigenvalue weighted by Crippen LogP contribution is -2.39. The van der Waals surface area contributed by atoms with Gasteiger partial charge in [-0.2, -0.15) is 0 Å². The first-order valence-electron chi connectivity index (χ1n) is 7.10. The minimum Gasteiger partial charge on any atom is -0.489 e. The molecule has 0 heterocycles. The van der Waals surface area contributed by atoms with Gasteiger partial charge in [0.05, 0.1) is 10.0 Å². The molecule has 1 aromatic carbocycles. The van der Waals surface area contributed by atoms with Crippen molar-refractivity contribution in [3.05, 3.63) is 28.2 Å². The second-order valence-electron chi connectivity index (χ2n) is 5.37. The average Bonchev–Trinajstić information content (AvgIpc) is 2.90. The summed E-state index contributed by atoms with van der Waals surface area (Å²) >= 11 is 12.2. The van der Waals surface area contributed by atoms with E-state index >= 15 is 0 Å². The van der Waals surface area contributed by atoms with Crippen LogP contribution in [0.25, 0.3) is 0 Å². The Kier molecular flexibility index (Phi) is 5.97.